The van der Waals surface area contributed by atoms with E-state index in [2.05, 4.69) is 0 Å². The number of ether oxygens (including phenoxy) is 1. The summed E-state index contributed by atoms with van der Waals surface area (Å²) in [5.41, 5.74) is -0.187. The van der Waals surface area contributed by atoms with Crippen LogP contribution in [0.3, 0.4) is 0 Å². The Morgan fingerprint density at radius 3 is 2.47 bits per heavy atom. The highest BCUT2D eigenvalue weighted by Gasteiger charge is 2.18. The van der Waals surface area contributed by atoms with E-state index < -0.39 is 5.60 Å². The number of aldehydes is 1. The third-order valence-electron chi connectivity index (χ3n) is 2.33. The van der Waals surface area contributed by atoms with Crippen LogP contribution in [0.1, 0.15) is 30.6 Å². The van der Waals surface area contributed by atoms with Crippen LogP contribution >= 0.6 is 0 Å². The van der Waals surface area contributed by atoms with Gasteiger partial charge < -0.3 is 9.84 Å². The first-order valence-corrected chi connectivity index (χ1v) is 4.98. The highest BCUT2D eigenvalue weighted by atomic mass is 16.5. The van der Waals surface area contributed by atoms with E-state index in [4.69, 9.17) is 4.74 Å². The average Bonchev–Trinajstić information content (AvgIpc) is 2.27. The molecule has 0 aliphatic rings. The molecule has 0 saturated heterocycles. The summed E-state index contributed by atoms with van der Waals surface area (Å²) in [7, 11) is 0. The molecule has 0 saturated carbocycles. The van der Waals surface area contributed by atoms with Crippen molar-refractivity contribution in [1.82, 2.24) is 0 Å². The summed E-state index contributed by atoms with van der Waals surface area (Å²) < 4.78 is 5.40. The summed E-state index contributed by atoms with van der Waals surface area (Å²) in [6.45, 7) is 3.88. The molecule has 3 nitrogen and oxygen atoms in total. The molecule has 0 heterocycles. The summed E-state index contributed by atoms with van der Waals surface area (Å²) in [4.78, 5) is 10.4. The zero-order chi connectivity index (χ0) is 11.3. The van der Waals surface area contributed by atoms with Gasteiger partial charge in [-0.25, -0.2) is 0 Å². The van der Waals surface area contributed by atoms with Gasteiger partial charge in [0.1, 0.15) is 18.6 Å². The quantitative estimate of drug-likeness (QED) is 0.753. The van der Waals surface area contributed by atoms with Crippen molar-refractivity contribution in [3.63, 3.8) is 0 Å². The lowest BCUT2D eigenvalue weighted by Gasteiger charge is -2.21. The van der Waals surface area contributed by atoms with Crippen molar-refractivity contribution >= 4 is 6.29 Å². The second-order valence-electron chi connectivity index (χ2n) is 3.83. The summed E-state index contributed by atoms with van der Waals surface area (Å²) >= 11 is 0. The molecule has 1 rings (SSSR count). The predicted molar refractivity (Wildman–Crippen MR) is 58.2 cm³/mol. The first-order chi connectivity index (χ1) is 7.07. The third kappa shape index (κ3) is 3.72. The fourth-order valence-corrected chi connectivity index (χ4v) is 0.983. The van der Waals surface area contributed by atoms with Crippen molar-refractivity contribution < 1.29 is 14.6 Å². The molecule has 1 atom stereocenters. The molecule has 1 N–H and O–H groups in total. The molecule has 1 aromatic rings. The summed E-state index contributed by atoms with van der Waals surface area (Å²) in [5, 5.41) is 9.70. The van der Waals surface area contributed by atoms with Gasteiger partial charge in [-0.15, -0.1) is 0 Å². The third-order valence-corrected chi connectivity index (χ3v) is 2.33. The van der Waals surface area contributed by atoms with Gasteiger partial charge >= 0.3 is 0 Å². The molecule has 0 radical (unpaired) electrons. The Labute approximate surface area is 89.7 Å². The van der Waals surface area contributed by atoms with Crippen LogP contribution in [0, 0.1) is 0 Å². The van der Waals surface area contributed by atoms with Crippen LogP contribution in [-0.4, -0.2) is 23.6 Å². The van der Waals surface area contributed by atoms with Crippen LogP contribution in [0.2, 0.25) is 0 Å². The van der Waals surface area contributed by atoms with Crippen LogP contribution in [0.4, 0.5) is 0 Å². The van der Waals surface area contributed by atoms with Crippen molar-refractivity contribution in [2.45, 2.75) is 25.9 Å². The number of hydrogen-bond acceptors (Lipinski definition) is 3. The molecule has 0 aliphatic heterocycles. The van der Waals surface area contributed by atoms with Gasteiger partial charge in [0.15, 0.2) is 0 Å². The molecule has 3 heteroatoms. The number of carbonyl (C=O) groups is 1. The van der Waals surface area contributed by atoms with Gasteiger partial charge in [-0.05, 0) is 37.6 Å². The van der Waals surface area contributed by atoms with Crippen LogP contribution in [-0.2, 0) is 0 Å². The fraction of sp³-hybridized carbons (Fsp3) is 0.417. The van der Waals surface area contributed by atoms with Crippen molar-refractivity contribution in [2.75, 3.05) is 6.61 Å². The van der Waals surface area contributed by atoms with Gasteiger partial charge in [-0.3, -0.25) is 4.79 Å². The molecular weight excluding hydrogens is 192 g/mol. The van der Waals surface area contributed by atoms with Crippen molar-refractivity contribution in [3.05, 3.63) is 29.8 Å². The van der Waals surface area contributed by atoms with E-state index >= 15 is 0 Å². The maximum Gasteiger partial charge on any atom is 0.150 e. The topological polar surface area (TPSA) is 46.5 Å². The Bertz CT molecular complexity index is 314. The smallest absolute Gasteiger partial charge is 0.150 e. The van der Waals surface area contributed by atoms with E-state index in [1.165, 1.54) is 0 Å². The largest absolute Gasteiger partial charge is 0.491 e. The van der Waals surface area contributed by atoms with Gasteiger partial charge in [-0.2, -0.15) is 0 Å². The van der Waals surface area contributed by atoms with Crippen LogP contribution in [0.25, 0.3) is 0 Å². The Kier molecular flexibility index (Phi) is 3.86. The van der Waals surface area contributed by atoms with E-state index in [0.717, 1.165) is 6.29 Å². The van der Waals surface area contributed by atoms with Gasteiger partial charge in [0.05, 0.1) is 5.60 Å². The molecule has 1 aromatic carbocycles. The zero-order valence-electron chi connectivity index (χ0n) is 9.06. The minimum atomic E-state index is -0.802. The number of aliphatic hydroxyl groups is 1. The molecule has 0 aliphatic carbocycles. The second-order valence-corrected chi connectivity index (χ2v) is 3.83. The number of rotatable bonds is 5. The SMILES string of the molecule is CCC(C)(O)COc1ccc(C=O)cc1. The first kappa shape index (κ1) is 11.7. The average molecular weight is 208 g/mol. The first-order valence-electron chi connectivity index (χ1n) is 4.98. The maximum absolute atomic E-state index is 10.4. The Morgan fingerprint density at radius 1 is 1.40 bits per heavy atom. The van der Waals surface area contributed by atoms with Crippen molar-refractivity contribution in [1.29, 1.82) is 0 Å². The normalized spacial score (nSPS) is 14.3. The van der Waals surface area contributed by atoms with Crippen molar-refractivity contribution in [3.8, 4) is 5.75 Å². The number of benzene rings is 1. The fourth-order valence-electron chi connectivity index (χ4n) is 0.983. The molecule has 82 valence electrons. The predicted octanol–water partition coefficient (Wildman–Crippen LogP) is 2.04. The van der Waals surface area contributed by atoms with E-state index in [9.17, 15) is 9.90 Å². The lowest BCUT2D eigenvalue weighted by atomic mass is 10.1. The molecule has 0 spiro atoms. The van der Waals surface area contributed by atoms with E-state index in [-0.39, 0.29) is 6.61 Å². The van der Waals surface area contributed by atoms with Crippen LogP contribution in [0.15, 0.2) is 24.3 Å². The maximum atomic E-state index is 10.4. The summed E-state index contributed by atoms with van der Waals surface area (Å²) in [6.07, 6.45) is 1.42. The van der Waals surface area contributed by atoms with Crippen molar-refractivity contribution in [2.24, 2.45) is 0 Å². The monoisotopic (exact) mass is 208 g/mol. The van der Waals surface area contributed by atoms with Gasteiger partial charge in [0.25, 0.3) is 0 Å². The minimum absolute atomic E-state index is 0.254. The number of carbonyl (C=O) groups excluding carboxylic acids is 1. The summed E-state index contributed by atoms with van der Waals surface area (Å²) in [6, 6.07) is 6.80. The molecule has 0 bridgehead atoms. The zero-order valence-corrected chi connectivity index (χ0v) is 9.06. The molecule has 0 amide bonds. The molecule has 1 unspecified atom stereocenters. The molecule has 0 aromatic heterocycles. The van der Waals surface area contributed by atoms with Gasteiger partial charge in [0.2, 0.25) is 0 Å². The lowest BCUT2D eigenvalue weighted by molar-refractivity contribution is 0.00846. The number of hydrogen-bond donors (Lipinski definition) is 1. The van der Waals surface area contributed by atoms with E-state index in [0.29, 0.717) is 17.7 Å². The van der Waals surface area contributed by atoms with Gasteiger partial charge in [0, 0.05) is 5.56 Å². The highest BCUT2D eigenvalue weighted by Crippen LogP contribution is 2.15. The lowest BCUT2D eigenvalue weighted by Crippen LogP contribution is -2.31. The molecule has 0 fully saturated rings. The molecular formula is C12H16O3. The standard InChI is InChI=1S/C12H16O3/c1-3-12(2,14)9-15-11-6-4-10(8-13)5-7-11/h4-8,14H,3,9H2,1-2H3. The van der Waals surface area contributed by atoms with Crippen LogP contribution < -0.4 is 4.74 Å². The highest BCUT2D eigenvalue weighted by molar-refractivity contribution is 5.74. The summed E-state index contributed by atoms with van der Waals surface area (Å²) in [5.74, 6) is 0.661. The Morgan fingerprint density at radius 2 is 2.00 bits per heavy atom. The van der Waals surface area contributed by atoms with Gasteiger partial charge in [-0.1, -0.05) is 6.92 Å². The van der Waals surface area contributed by atoms with E-state index in [1.54, 1.807) is 31.2 Å². The van der Waals surface area contributed by atoms with Crippen LogP contribution in [0.5, 0.6) is 5.75 Å². The Hall–Kier alpha value is -1.35. The second kappa shape index (κ2) is 4.94. The minimum Gasteiger partial charge on any atom is -0.491 e. The molecule has 15 heavy (non-hydrogen) atoms. The van der Waals surface area contributed by atoms with E-state index in [1.807, 2.05) is 6.92 Å². The Balaban J connectivity index is 2.54.